The molecule has 1 aliphatic heterocycles. The summed E-state index contributed by atoms with van der Waals surface area (Å²) in [5.74, 6) is 1.94. The zero-order chi connectivity index (χ0) is 17.1. The number of halogens is 1. The molecule has 0 N–H and O–H groups in total. The molecule has 0 saturated carbocycles. The van der Waals surface area contributed by atoms with E-state index in [2.05, 4.69) is 28.1 Å². The fourth-order valence-corrected chi connectivity index (χ4v) is 3.47. The minimum absolute atomic E-state index is 0.0387. The van der Waals surface area contributed by atoms with Crippen LogP contribution in [0.4, 0.5) is 0 Å². The van der Waals surface area contributed by atoms with Gasteiger partial charge in [0.15, 0.2) is 0 Å². The zero-order valence-electron chi connectivity index (χ0n) is 13.8. The van der Waals surface area contributed by atoms with Gasteiger partial charge in [0, 0.05) is 23.5 Å². The van der Waals surface area contributed by atoms with Crippen molar-refractivity contribution in [3.05, 3.63) is 58.1 Å². The quantitative estimate of drug-likeness (QED) is 0.789. The van der Waals surface area contributed by atoms with E-state index in [4.69, 9.17) is 9.47 Å². The van der Waals surface area contributed by atoms with E-state index in [1.54, 1.807) is 20.3 Å². The molecule has 1 aliphatic rings. The highest BCUT2D eigenvalue weighted by Gasteiger charge is 2.29. The van der Waals surface area contributed by atoms with Crippen molar-refractivity contribution < 1.29 is 14.3 Å². The Bertz CT molecular complexity index is 730. The van der Waals surface area contributed by atoms with Gasteiger partial charge in [-0.15, -0.1) is 0 Å². The summed E-state index contributed by atoms with van der Waals surface area (Å²) in [7, 11) is 3.27. The third-order valence-corrected chi connectivity index (χ3v) is 5.16. The minimum Gasteiger partial charge on any atom is -0.497 e. The van der Waals surface area contributed by atoms with Gasteiger partial charge in [-0.1, -0.05) is 12.1 Å². The van der Waals surface area contributed by atoms with Crippen LogP contribution >= 0.6 is 15.9 Å². The van der Waals surface area contributed by atoms with Gasteiger partial charge in [0.25, 0.3) is 5.91 Å². The van der Waals surface area contributed by atoms with Gasteiger partial charge in [-0.2, -0.15) is 0 Å². The van der Waals surface area contributed by atoms with Gasteiger partial charge in [-0.25, -0.2) is 0 Å². The van der Waals surface area contributed by atoms with Crippen LogP contribution in [0.25, 0.3) is 0 Å². The summed E-state index contributed by atoms with van der Waals surface area (Å²) >= 11 is 3.47. The van der Waals surface area contributed by atoms with E-state index in [-0.39, 0.29) is 5.91 Å². The van der Waals surface area contributed by atoms with Gasteiger partial charge >= 0.3 is 0 Å². The molecule has 1 atom stereocenters. The van der Waals surface area contributed by atoms with Crippen molar-refractivity contribution in [3.63, 3.8) is 0 Å². The smallest absolute Gasteiger partial charge is 0.255 e. The van der Waals surface area contributed by atoms with Gasteiger partial charge in [-0.05, 0) is 58.2 Å². The number of ether oxygens (including phenoxy) is 2. The maximum atomic E-state index is 12.8. The summed E-state index contributed by atoms with van der Waals surface area (Å²) in [6, 6.07) is 13.6. The first-order chi connectivity index (χ1) is 11.6. The first-order valence-electron chi connectivity index (χ1n) is 7.89. The molecule has 2 aromatic rings. The lowest BCUT2D eigenvalue weighted by Gasteiger charge is -2.18. The number of hydrogen-bond acceptors (Lipinski definition) is 3. The fraction of sp³-hybridized carbons (Fsp3) is 0.316. The molecule has 126 valence electrons. The maximum absolute atomic E-state index is 12.8. The van der Waals surface area contributed by atoms with E-state index < -0.39 is 0 Å². The standard InChI is InChI=1S/C19H20BrNO3/c1-23-15-5-3-13(4-6-15)14-9-10-21(12-14)19(22)17-11-16(24-2)7-8-18(17)20/h3-8,11,14H,9-10,12H2,1-2H3/t14-/m1/s1. The summed E-state index contributed by atoms with van der Waals surface area (Å²) in [4.78, 5) is 14.7. The van der Waals surface area contributed by atoms with Crippen molar-refractivity contribution in [2.75, 3.05) is 27.3 Å². The van der Waals surface area contributed by atoms with Crippen molar-refractivity contribution in [2.24, 2.45) is 0 Å². The van der Waals surface area contributed by atoms with Crippen LogP contribution in [0.2, 0.25) is 0 Å². The predicted octanol–water partition coefficient (Wildman–Crippen LogP) is 4.10. The average molecular weight is 390 g/mol. The van der Waals surface area contributed by atoms with Crippen LogP contribution in [-0.2, 0) is 0 Å². The van der Waals surface area contributed by atoms with Gasteiger partial charge in [0.2, 0.25) is 0 Å². The number of nitrogens with zero attached hydrogens (tertiary/aromatic N) is 1. The molecule has 1 saturated heterocycles. The molecule has 0 aromatic heterocycles. The lowest BCUT2D eigenvalue weighted by molar-refractivity contribution is 0.0789. The largest absolute Gasteiger partial charge is 0.497 e. The van der Waals surface area contributed by atoms with Crippen molar-refractivity contribution >= 4 is 21.8 Å². The highest BCUT2D eigenvalue weighted by atomic mass is 79.9. The van der Waals surface area contributed by atoms with Crippen LogP contribution in [0.1, 0.15) is 28.3 Å². The van der Waals surface area contributed by atoms with Crippen molar-refractivity contribution in [2.45, 2.75) is 12.3 Å². The number of methoxy groups -OCH3 is 2. The Kier molecular flexibility index (Phi) is 5.09. The topological polar surface area (TPSA) is 38.8 Å². The number of carbonyl (C=O) groups is 1. The van der Waals surface area contributed by atoms with E-state index in [0.717, 1.165) is 29.7 Å². The SMILES string of the molecule is COc1ccc([C@@H]2CCN(C(=O)c3cc(OC)ccc3Br)C2)cc1. The van der Waals surface area contributed by atoms with Crippen molar-refractivity contribution in [1.29, 1.82) is 0 Å². The summed E-state index contributed by atoms with van der Waals surface area (Å²) in [6.07, 6.45) is 0.972. The molecular weight excluding hydrogens is 370 g/mol. The zero-order valence-corrected chi connectivity index (χ0v) is 15.4. The Morgan fingerprint density at radius 2 is 1.75 bits per heavy atom. The first kappa shape index (κ1) is 16.8. The Morgan fingerprint density at radius 3 is 2.42 bits per heavy atom. The second-order valence-corrected chi connectivity index (χ2v) is 6.71. The molecule has 1 fully saturated rings. The summed E-state index contributed by atoms with van der Waals surface area (Å²) < 4.78 is 11.2. The third kappa shape index (κ3) is 3.41. The van der Waals surface area contributed by atoms with Crippen LogP contribution in [0.5, 0.6) is 11.5 Å². The maximum Gasteiger partial charge on any atom is 0.255 e. The molecule has 0 aliphatic carbocycles. The highest BCUT2D eigenvalue weighted by molar-refractivity contribution is 9.10. The van der Waals surface area contributed by atoms with Crippen LogP contribution in [0, 0.1) is 0 Å². The molecule has 0 bridgehead atoms. The highest BCUT2D eigenvalue weighted by Crippen LogP contribution is 2.31. The van der Waals surface area contributed by atoms with Crippen LogP contribution in [0.3, 0.4) is 0 Å². The number of rotatable bonds is 4. The van der Waals surface area contributed by atoms with Gasteiger partial charge in [0.1, 0.15) is 11.5 Å². The second kappa shape index (κ2) is 7.26. The minimum atomic E-state index is 0.0387. The van der Waals surface area contributed by atoms with E-state index in [1.165, 1.54) is 5.56 Å². The van der Waals surface area contributed by atoms with Gasteiger partial charge < -0.3 is 14.4 Å². The fourth-order valence-electron chi connectivity index (χ4n) is 3.06. The number of carbonyl (C=O) groups excluding carboxylic acids is 1. The van der Waals surface area contributed by atoms with Gasteiger partial charge in [-0.3, -0.25) is 4.79 Å². The molecule has 0 spiro atoms. The van der Waals surface area contributed by atoms with Crippen molar-refractivity contribution in [1.82, 2.24) is 4.90 Å². The predicted molar refractivity (Wildman–Crippen MR) is 96.9 cm³/mol. The van der Waals surface area contributed by atoms with Crippen LogP contribution in [0.15, 0.2) is 46.9 Å². The number of hydrogen-bond donors (Lipinski definition) is 0. The number of amides is 1. The number of benzene rings is 2. The first-order valence-corrected chi connectivity index (χ1v) is 8.68. The molecule has 2 aromatic carbocycles. The second-order valence-electron chi connectivity index (χ2n) is 5.86. The molecular formula is C19H20BrNO3. The lowest BCUT2D eigenvalue weighted by Crippen LogP contribution is -2.28. The van der Waals surface area contributed by atoms with Crippen LogP contribution < -0.4 is 9.47 Å². The Balaban J connectivity index is 1.74. The van der Waals surface area contributed by atoms with Crippen LogP contribution in [-0.4, -0.2) is 38.1 Å². The molecule has 3 rings (SSSR count). The van der Waals surface area contributed by atoms with Crippen molar-refractivity contribution in [3.8, 4) is 11.5 Å². The van der Waals surface area contributed by atoms with Gasteiger partial charge in [0.05, 0.1) is 19.8 Å². The summed E-state index contributed by atoms with van der Waals surface area (Å²) in [5, 5.41) is 0. The Morgan fingerprint density at radius 1 is 1.08 bits per heavy atom. The molecule has 0 radical (unpaired) electrons. The normalized spacial score (nSPS) is 17.0. The molecule has 5 heteroatoms. The average Bonchev–Trinajstić information content (AvgIpc) is 3.12. The van der Waals surface area contributed by atoms with E-state index in [9.17, 15) is 4.79 Å². The molecule has 24 heavy (non-hydrogen) atoms. The van der Waals surface area contributed by atoms with E-state index in [1.807, 2.05) is 29.2 Å². The Labute approximate surface area is 150 Å². The molecule has 4 nitrogen and oxygen atoms in total. The lowest BCUT2D eigenvalue weighted by atomic mass is 9.98. The van der Waals surface area contributed by atoms with E-state index >= 15 is 0 Å². The summed E-state index contributed by atoms with van der Waals surface area (Å²) in [6.45, 7) is 1.49. The third-order valence-electron chi connectivity index (χ3n) is 4.47. The Hall–Kier alpha value is -2.01. The summed E-state index contributed by atoms with van der Waals surface area (Å²) in [5.41, 5.74) is 1.89. The molecule has 1 heterocycles. The molecule has 1 amide bonds. The van der Waals surface area contributed by atoms with E-state index in [0.29, 0.717) is 17.2 Å². The monoisotopic (exact) mass is 389 g/mol. The number of likely N-dealkylation sites (tertiary alicyclic amines) is 1. The molecule has 0 unspecified atom stereocenters.